The summed E-state index contributed by atoms with van der Waals surface area (Å²) in [6.07, 6.45) is 1.80. The van der Waals surface area contributed by atoms with Gasteiger partial charge in [0.05, 0.1) is 24.9 Å². The van der Waals surface area contributed by atoms with Gasteiger partial charge in [0.15, 0.2) is 0 Å². The summed E-state index contributed by atoms with van der Waals surface area (Å²) in [7, 11) is 3.66. The highest BCUT2D eigenvalue weighted by molar-refractivity contribution is 5.83. The highest BCUT2D eigenvalue weighted by Gasteiger charge is 2.18. The van der Waals surface area contributed by atoms with Crippen molar-refractivity contribution in [2.24, 2.45) is 0 Å². The minimum Gasteiger partial charge on any atom is -0.496 e. The van der Waals surface area contributed by atoms with Gasteiger partial charge in [-0.2, -0.15) is 0 Å². The lowest BCUT2D eigenvalue weighted by molar-refractivity contribution is 0.307. The van der Waals surface area contributed by atoms with Gasteiger partial charge in [0.2, 0.25) is 0 Å². The maximum Gasteiger partial charge on any atom is 0.148 e. The standard InChI is InChI=1S/C11H11NO.C10H12FNO.C2H6/c1-8-10(13-2)6-5-9-4-3-7-12-11(8)9;1-7-8(11)3-4-9-10(7)13-6-5-12(9)2;1-2/h3-7H,1-2H3;3-4H,5-6H2,1-2H3;1-2H3. The summed E-state index contributed by atoms with van der Waals surface area (Å²) in [6, 6.07) is 11.2. The van der Waals surface area contributed by atoms with Gasteiger partial charge in [0.25, 0.3) is 0 Å². The van der Waals surface area contributed by atoms with E-state index in [2.05, 4.69) is 16.0 Å². The molecule has 0 fully saturated rings. The summed E-state index contributed by atoms with van der Waals surface area (Å²) < 4.78 is 23.8. The number of aromatic nitrogens is 1. The minimum atomic E-state index is -0.200. The Morgan fingerprint density at radius 1 is 1.07 bits per heavy atom. The smallest absolute Gasteiger partial charge is 0.148 e. The van der Waals surface area contributed by atoms with Crippen LogP contribution in [0.2, 0.25) is 0 Å². The van der Waals surface area contributed by atoms with Crippen molar-refractivity contribution in [2.45, 2.75) is 27.7 Å². The summed E-state index contributed by atoms with van der Waals surface area (Å²) in [4.78, 5) is 6.38. The number of halogens is 1. The molecule has 150 valence electrons. The number of fused-ring (bicyclic) bond motifs is 2. The van der Waals surface area contributed by atoms with E-state index in [9.17, 15) is 4.39 Å². The lowest BCUT2D eigenvalue weighted by atomic mass is 10.1. The molecular weight excluding hydrogens is 355 g/mol. The second kappa shape index (κ2) is 9.93. The van der Waals surface area contributed by atoms with E-state index < -0.39 is 0 Å². The number of ether oxygens (including phenoxy) is 2. The number of hydrogen-bond donors (Lipinski definition) is 0. The number of methoxy groups -OCH3 is 1. The van der Waals surface area contributed by atoms with Crippen molar-refractivity contribution in [3.05, 3.63) is 59.5 Å². The number of benzene rings is 2. The molecule has 0 saturated carbocycles. The molecule has 0 N–H and O–H groups in total. The number of pyridine rings is 1. The number of rotatable bonds is 1. The Balaban J connectivity index is 0.000000184. The Labute approximate surface area is 166 Å². The zero-order chi connectivity index (χ0) is 20.7. The van der Waals surface area contributed by atoms with Crippen molar-refractivity contribution in [3.8, 4) is 11.5 Å². The lowest BCUT2D eigenvalue weighted by Gasteiger charge is -2.28. The number of nitrogens with zero attached hydrogens (tertiary/aromatic N) is 2. The summed E-state index contributed by atoms with van der Waals surface area (Å²) in [5.74, 6) is 1.38. The van der Waals surface area contributed by atoms with Crippen LogP contribution in [0.4, 0.5) is 10.1 Å². The molecule has 3 aromatic rings. The third-order valence-electron chi connectivity index (χ3n) is 4.60. The van der Waals surface area contributed by atoms with Crippen LogP contribution in [0.3, 0.4) is 0 Å². The molecule has 2 heterocycles. The second-order valence-electron chi connectivity index (χ2n) is 6.26. The summed E-state index contributed by atoms with van der Waals surface area (Å²) >= 11 is 0. The average molecular weight is 384 g/mol. The van der Waals surface area contributed by atoms with E-state index in [0.29, 0.717) is 17.9 Å². The molecule has 2 aromatic carbocycles. The zero-order valence-electron chi connectivity index (χ0n) is 17.5. The van der Waals surface area contributed by atoms with Crippen LogP contribution in [0.15, 0.2) is 42.6 Å². The van der Waals surface area contributed by atoms with Gasteiger partial charge >= 0.3 is 0 Å². The molecular formula is C23H29FN2O2. The monoisotopic (exact) mass is 384 g/mol. The van der Waals surface area contributed by atoms with Crippen molar-refractivity contribution in [1.82, 2.24) is 4.98 Å². The number of hydrogen-bond acceptors (Lipinski definition) is 4. The van der Waals surface area contributed by atoms with Gasteiger partial charge in [-0.05, 0) is 44.2 Å². The highest BCUT2D eigenvalue weighted by atomic mass is 19.1. The molecule has 1 aliphatic rings. The zero-order valence-corrected chi connectivity index (χ0v) is 17.5. The predicted octanol–water partition coefficient (Wildman–Crippen LogP) is 5.54. The second-order valence-corrected chi connectivity index (χ2v) is 6.26. The van der Waals surface area contributed by atoms with E-state index in [4.69, 9.17) is 9.47 Å². The maximum absolute atomic E-state index is 13.1. The third kappa shape index (κ3) is 4.53. The summed E-state index contributed by atoms with van der Waals surface area (Å²) in [6.45, 7) is 9.26. The van der Waals surface area contributed by atoms with E-state index in [-0.39, 0.29) is 5.82 Å². The Morgan fingerprint density at radius 3 is 2.54 bits per heavy atom. The van der Waals surface area contributed by atoms with Crippen LogP contribution >= 0.6 is 0 Å². The number of aryl methyl sites for hydroxylation is 1. The largest absolute Gasteiger partial charge is 0.496 e. The fraction of sp³-hybridized carbons (Fsp3) is 0.348. The van der Waals surface area contributed by atoms with Gasteiger partial charge in [0.1, 0.15) is 23.9 Å². The van der Waals surface area contributed by atoms with Crippen molar-refractivity contribution >= 4 is 16.6 Å². The molecule has 5 heteroatoms. The van der Waals surface area contributed by atoms with Crippen LogP contribution in [0.5, 0.6) is 11.5 Å². The molecule has 0 atom stereocenters. The Hall–Kier alpha value is -2.82. The summed E-state index contributed by atoms with van der Waals surface area (Å²) in [5.41, 5.74) is 3.69. The maximum atomic E-state index is 13.1. The first-order valence-corrected chi connectivity index (χ1v) is 9.54. The van der Waals surface area contributed by atoms with Crippen molar-refractivity contribution in [2.75, 3.05) is 32.2 Å². The Kier molecular flexibility index (Phi) is 7.61. The fourth-order valence-electron chi connectivity index (χ4n) is 3.04. The van der Waals surface area contributed by atoms with Crippen molar-refractivity contribution < 1.29 is 13.9 Å². The quantitative estimate of drug-likeness (QED) is 0.552. The van der Waals surface area contributed by atoms with Crippen LogP contribution in [0.25, 0.3) is 10.9 Å². The molecule has 0 radical (unpaired) electrons. The average Bonchev–Trinajstić information content (AvgIpc) is 2.74. The van der Waals surface area contributed by atoms with Gasteiger partial charge in [-0.1, -0.05) is 19.9 Å². The molecule has 0 bridgehead atoms. The molecule has 1 aromatic heterocycles. The van der Waals surface area contributed by atoms with E-state index in [1.165, 1.54) is 6.07 Å². The van der Waals surface area contributed by atoms with E-state index in [0.717, 1.165) is 34.4 Å². The predicted molar refractivity (Wildman–Crippen MR) is 114 cm³/mol. The number of anilines is 1. The normalized spacial score (nSPS) is 12.0. The fourth-order valence-corrected chi connectivity index (χ4v) is 3.04. The molecule has 0 amide bonds. The van der Waals surface area contributed by atoms with Gasteiger partial charge in [-0.15, -0.1) is 0 Å². The topological polar surface area (TPSA) is 34.6 Å². The third-order valence-corrected chi connectivity index (χ3v) is 4.60. The van der Waals surface area contributed by atoms with Crippen LogP contribution < -0.4 is 14.4 Å². The molecule has 4 nitrogen and oxygen atoms in total. The van der Waals surface area contributed by atoms with Crippen molar-refractivity contribution in [1.29, 1.82) is 0 Å². The molecule has 4 rings (SSSR count). The number of likely N-dealkylation sites (N-methyl/N-ethyl adjacent to an activating group) is 1. The van der Waals surface area contributed by atoms with E-state index >= 15 is 0 Å². The van der Waals surface area contributed by atoms with Gasteiger partial charge in [-0.25, -0.2) is 4.39 Å². The molecule has 0 saturated heterocycles. The van der Waals surface area contributed by atoms with Gasteiger partial charge < -0.3 is 14.4 Å². The SMILES string of the molecule is CC.COc1ccc2cccnc2c1C.Cc1c(F)ccc2c1OCCN2C. The van der Waals surface area contributed by atoms with Crippen LogP contribution in [0, 0.1) is 19.7 Å². The first-order valence-electron chi connectivity index (χ1n) is 9.54. The first-order chi connectivity index (χ1) is 13.5. The Morgan fingerprint density at radius 2 is 1.82 bits per heavy atom. The van der Waals surface area contributed by atoms with Crippen LogP contribution in [0.1, 0.15) is 25.0 Å². The first kappa shape index (κ1) is 21.5. The lowest BCUT2D eigenvalue weighted by Crippen LogP contribution is -2.29. The van der Waals surface area contributed by atoms with Gasteiger partial charge in [-0.3, -0.25) is 4.98 Å². The molecule has 0 aliphatic carbocycles. The van der Waals surface area contributed by atoms with Gasteiger partial charge in [0, 0.05) is 29.8 Å². The van der Waals surface area contributed by atoms with Crippen molar-refractivity contribution in [3.63, 3.8) is 0 Å². The van der Waals surface area contributed by atoms with E-state index in [1.807, 2.05) is 46.0 Å². The molecule has 28 heavy (non-hydrogen) atoms. The molecule has 0 spiro atoms. The molecule has 1 aliphatic heterocycles. The summed E-state index contributed by atoms with van der Waals surface area (Å²) in [5, 5.41) is 1.15. The molecule has 0 unspecified atom stereocenters. The Bertz CT molecular complexity index is 928. The minimum absolute atomic E-state index is 0.200. The van der Waals surface area contributed by atoms with E-state index in [1.54, 1.807) is 26.3 Å². The van der Waals surface area contributed by atoms with Crippen LogP contribution in [-0.4, -0.2) is 32.3 Å². The van der Waals surface area contributed by atoms with Crippen LogP contribution in [-0.2, 0) is 0 Å². The highest BCUT2D eigenvalue weighted by Crippen LogP contribution is 2.34.